The molecule has 6 heteroatoms. The third-order valence-electron chi connectivity index (χ3n) is 4.85. The molecule has 1 N–H and O–H groups in total. The van der Waals surface area contributed by atoms with E-state index >= 15 is 0 Å². The van der Waals surface area contributed by atoms with Gasteiger partial charge in [-0.05, 0) is 38.0 Å². The molecule has 0 aromatic carbocycles. The highest BCUT2D eigenvalue weighted by Gasteiger charge is 2.28. The molecule has 3 heterocycles. The van der Waals surface area contributed by atoms with Crippen molar-refractivity contribution in [1.82, 2.24) is 20.3 Å². The van der Waals surface area contributed by atoms with Gasteiger partial charge in [0.25, 0.3) is 0 Å². The third kappa shape index (κ3) is 2.73. The SMILES string of the molecule is C1=CN(Cc2cc(C3CC3)no2)CN(c2cc(C3CC3)[nH]n2)C1. The van der Waals surface area contributed by atoms with Crippen LogP contribution < -0.4 is 4.90 Å². The Morgan fingerprint density at radius 1 is 1.17 bits per heavy atom. The Bertz CT molecular complexity index is 725. The zero-order valence-corrected chi connectivity index (χ0v) is 13.1. The highest BCUT2D eigenvalue weighted by molar-refractivity contribution is 5.42. The van der Waals surface area contributed by atoms with Crippen molar-refractivity contribution in [3.63, 3.8) is 0 Å². The van der Waals surface area contributed by atoms with Gasteiger partial charge in [-0.1, -0.05) is 5.16 Å². The molecular formula is C17H21N5O. The second-order valence-corrected chi connectivity index (χ2v) is 6.94. The number of hydrogen-bond donors (Lipinski definition) is 1. The van der Waals surface area contributed by atoms with Crippen molar-refractivity contribution in [3.8, 4) is 0 Å². The first-order valence-electron chi connectivity index (χ1n) is 8.51. The highest BCUT2D eigenvalue weighted by Crippen LogP contribution is 2.40. The Labute approximate surface area is 135 Å². The second-order valence-electron chi connectivity index (χ2n) is 6.94. The van der Waals surface area contributed by atoms with E-state index in [-0.39, 0.29) is 0 Å². The Morgan fingerprint density at radius 2 is 2.04 bits per heavy atom. The molecular weight excluding hydrogens is 290 g/mol. The molecule has 2 saturated carbocycles. The van der Waals surface area contributed by atoms with E-state index in [1.165, 1.54) is 31.4 Å². The van der Waals surface area contributed by atoms with Crippen LogP contribution in [-0.4, -0.2) is 33.5 Å². The van der Waals surface area contributed by atoms with E-state index in [1.54, 1.807) is 0 Å². The van der Waals surface area contributed by atoms with Crippen LogP contribution in [0.1, 0.15) is 54.7 Å². The van der Waals surface area contributed by atoms with Crippen molar-refractivity contribution < 1.29 is 4.52 Å². The third-order valence-corrected chi connectivity index (χ3v) is 4.85. The maximum Gasteiger partial charge on any atom is 0.156 e. The zero-order valence-electron chi connectivity index (χ0n) is 13.1. The molecule has 6 nitrogen and oxygen atoms in total. The van der Waals surface area contributed by atoms with Gasteiger partial charge in [-0.25, -0.2) is 0 Å². The number of aromatic nitrogens is 3. The van der Waals surface area contributed by atoms with Crippen LogP contribution in [0, 0.1) is 0 Å². The van der Waals surface area contributed by atoms with Crippen LogP contribution in [0.2, 0.25) is 0 Å². The first-order chi connectivity index (χ1) is 11.3. The van der Waals surface area contributed by atoms with E-state index in [9.17, 15) is 0 Å². The number of aromatic amines is 1. The van der Waals surface area contributed by atoms with Crippen molar-refractivity contribution in [2.45, 2.75) is 44.1 Å². The number of nitrogens with zero attached hydrogens (tertiary/aromatic N) is 4. The Hall–Kier alpha value is -2.24. The maximum absolute atomic E-state index is 5.49. The second kappa shape index (κ2) is 5.15. The molecule has 2 fully saturated rings. The largest absolute Gasteiger partial charge is 0.359 e. The lowest BCUT2D eigenvalue weighted by Crippen LogP contribution is -2.38. The molecule has 2 aromatic rings. The fourth-order valence-electron chi connectivity index (χ4n) is 3.18. The summed E-state index contributed by atoms with van der Waals surface area (Å²) < 4.78 is 5.49. The number of H-pyrrole nitrogens is 1. The van der Waals surface area contributed by atoms with Gasteiger partial charge < -0.3 is 14.3 Å². The number of rotatable bonds is 5. The summed E-state index contributed by atoms with van der Waals surface area (Å²) >= 11 is 0. The smallest absolute Gasteiger partial charge is 0.156 e. The monoisotopic (exact) mass is 311 g/mol. The van der Waals surface area contributed by atoms with Gasteiger partial charge in [0, 0.05) is 36.2 Å². The van der Waals surface area contributed by atoms with Gasteiger partial charge in [0.2, 0.25) is 0 Å². The molecule has 23 heavy (non-hydrogen) atoms. The summed E-state index contributed by atoms with van der Waals surface area (Å²) in [6.07, 6.45) is 9.42. The highest BCUT2D eigenvalue weighted by atomic mass is 16.5. The quantitative estimate of drug-likeness (QED) is 0.920. The van der Waals surface area contributed by atoms with E-state index < -0.39 is 0 Å². The first kappa shape index (κ1) is 13.2. The summed E-state index contributed by atoms with van der Waals surface area (Å²) in [6.45, 7) is 2.48. The minimum Gasteiger partial charge on any atom is -0.359 e. The van der Waals surface area contributed by atoms with E-state index in [2.05, 4.69) is 49.6 Å². The van der Waals surface area contributed by atoms with Gasteiger partial charge in [-0.2, -0.15) is 5.10 Å². The van der Waals surface area contributed by atoms with E-state index in [1.807, 2.05) is 0 Å². The summed E-state index contributed by atoms with van der Waals surface area (Å²) in [5, 5.41) is 11.9. The van der Waals surface area contributed by atoms with Crippen molar-refractivity contribution >= 4 is 5.82 Å². The van der Waals surface area contributed by atoms with Crippen LogP contribution in [0.15, 0.2) is 28.9 Å². The van der Waals surface area contributed by atoms with Gasteiger partial charge in [0.05, 0.1) is 18.9 Å². The molecule has 0 radical (unpaired) electrons. The molecule has 5 rings (SSSR count). The molecule has 0 spiro atoms. The normalized spacial score (nSPS) is 21.2. The minimum atomic E-state index is 0.644. The van der Waals surface area contributed by atoms with Gasteiger partial charge in [-0.15, -0.1) is 0 Å². The molecule has 2 aliphatic carbocycles. The van der Waals surface area contributed by atoms with Crippen LogP contribution >= 0.6 is 0 Å². The molecule has 0 bridgehead atoms. The van der Waals surface area contributed by atoms with Crippen molar-refractivity contribution in [2.75, 3.05) is 18.1 Å². The molecule has 1 aliphatic heterocycles. The summed E-state index contributed by atoms with van der Waals surface area (Å²) in [4.78, 5) is 4.52. The van der Waals surface area contributed by atoms with Crippen molar-refractivity contribution in [2.24, 2.45) is 0 Å². The van der Waals surface area contributed by atoms with Crippen LogP contribution in [0.4, 0.5) is 5.82 Å². The Balaban J connectivity index is 1.25. The lowest BCUT2D eigenvalue weighted by Gasteiger charge is -2.32. The maximum atomic E-state index is 5.49. The zero-order chi connectivity index (χ0) is 15.2. The molecule has 0 saturated heterocycles. The van der Waals surface area contributed by atoms with E-state index in [0.717, 1.165) is 37.0 Å². The Kier molecular flexibility index (Phi) is 2.96. The summed E-state index contributed by atoms with van der Waals surface area (Å²) in [5.41, 5.74) is 2.41. The average molecular weight is 311 g/mol. The van der Waals surface area contributed by atoms with E-state index in [4.69, 9.17) is 4.52 Å². The molecule has 120 valence electrons. The summed E-state index contributed by atoms with van der Waals surface area (Å²) in [5.74, 6) is 3.34. The lowest BCUT2D eigenvalue weighted by molar-refractivity contribution is 0.289. The first-order valence-corrected chi connectivity index (χ1v) is 8.51. The molecule has 3 aliphatic rings. The number of nitrogens with one attached hydrogen (secondary N) is 1. The van der Waals surface area contributed by atoms with Crippen LogP contribution in [0.3, 0.4) is 0 Å². The van der Waals surface area contributed by atoms with Gasteiger partial charge in [0.1, 0.15) is 0 Å². The molecule has 0 unspecified atom stereocenters. The van der Waals surface area contributed by atoms with E-state index in [0.29, 0.717) is 11.8 Å². The molecule has 0 amide bonds. The van der Waals surface area contributed by atoms with Crippen LogP contribution in [0.25, 0.3) is 0 Å². The average Bonchev–Trinajstić information content (AvgIpc) is 3.51. The molecule has 0 atom stereocenters. The standard InChI is InChI=1S/C17H21N5O/c1-6-21(10-14-8-16(20-23-14)13-4-5-13)11-22(7-1)17-9-15(18-19-17)12-2-3-12/h1,6,8-9,12-13H,2-5,7,10-11H2,(H,18,19). The minimum absolute atomic E-state index is 0.644. The van der Waals surface area contributed by atoms with Crippen LogP contribution in [0.5, 0.6) is 0 Å². The fraction of sp³-hybridized carbons (Fsp3) is 0.529. The lowest BCUT2D eigenvalue weighted by atomic mass is 10.2. The number of hydrogen-bond acceptors (Lipinski definition) is 5. The number of anilines is 1. The van der Waals surface area contributed by atoms with Crippen molar-refractivity contribution in [3.05, 3.63) is 41.6 Å². The fourth-order valence-corrected chi connectivity index (χ4v) is 3.18. The summed E-state index contributed by atoms with van der Waals surface area (Å²) in [6, 6.07) is 4.32. The van der Waals surface area contributed by atoms with Gasteiger partial charge in [0.15, 0.2) is 11.6 Å². The Morgan fingerprint density at radius 3 is 2.87 bits per heavy atom. The topological polar surface area (TPSA) is 61.2 Å². The predicted octanol–water partition coefficient (Wildman–Crippen LogP) is 2.95. The van der Waals surface area contributed by atoms with Crippen LogP contribution in [-0.2, 0) is 6.54 Å². The predicted molar refractivity (Wildman–Crippen MR) is 85.9 cm³/mol. The van der Waals surface area contributed by atoms with Gasteiger partial charge >= 0.3 is 0 Å². The van der Waals surface area contributed by atoms with Gasteiger partial charge in [-0.3, -0.25) is 5.10 Å². The summed E-state index contributed by atoms with van der Waals surface area (Å²) in [7, 11) is 0. The van der Waals surface area contributed by atoms with Crippen molar-refractivity contribution in [1.29, 1.82) is 0 Å². The molecule has 2 aromatic heterocycles.